The third kappa shape index (κ3) is 3.92. The molecular weight excluding hydrogens is 354 g/mol. The molecule has 2 aromatic rings. The SMILES string of the molecule is Cc1ccc2c(c1)OCCN(CC(CN1CCc3ccccc3C1)N=O)C2=O. The first-order valence-electron chi connectivity index (χ1n) is 9.78. The summed E-state index contributed by atoms with van der Waals surface area (Å²) in [6, 6.07) is 13.6. The van der Waals surface area contributed by atoms with Crippen molar-refractivity contribution in [1.29, 1.82) is 0 Å². The fraction of sp³-hybridized carbons (Fsp3) is 0.409. The molecule has 0 saturated heterocycles. The van der Waals surface area contributed by atoms with Crippen molar-refractivity contribution >= 4 is 5.91 Å². The minimum atomic E-state index is -0.457. The van der Waals surface area contributed by atoms with E-state index in [4.69, 9.17) is 4.74 Å². The molecule has 0 radical (unpaired) electrons. The van der Waals surface area contributed by atoms with Gasteiger partial charge in [-0.05, 0) is 42.2 Å². The molecule has 2 aliphatic rings. The average molecular weight is 379 g/mol. The summed E-state index contributed by atoms with van der Waals surface area (Å²) in [5.41, 5.74) is 4.29. The average Bonchev–Trinajstić information content (AvgIpc) is 2.86. The first-order valence-corrected chi connectivity index (χ1v) is 9.78. The molecule has 0 bridgehead atoms. The Kier molecular flexibility index (Phi) is 5.39. The molecule has 1 atom stereocenters. The van der Waals surface area contributed by atoms with Gasteiger partial charge in [0.1, 0.15) is 18.4 Å². The lowest BCUT2D eigenvalue weighted by atomic mass is 9.99. The van der Waals surface area contributed by atoms with Crippen molar-refractivity contribution in [2.75, 3.05) is 32.8 Å². The minimum absolute atomic E-state index is 0.0925. The minimum Gasteiger partial charge on any atom is -0.491 e. The van der Waals surface area contributed by atoms with E-state index in [0.29, 0.717) is 37.6 Å². The van der Waals surface area contributed by atoms with E-state index < -0.39 is 6.04 Å². The number of hydrogen-bond acceptors (Lipinski definition) is 5. The van der Waals surface area contributed by atoms with Gasteiger partial charge in [0.2, 0.25) is 0 Å². The van der Waals surface area contributed by atoms with Gasteiger partial charge >= 0.3 is 0 Å². The quantitative estimate of drug-likeness (QED) is 0.749. The largest absolute Gasteiger partial charge is 0.491 e. The topological polar surface area (TPSA) is 62.2 Å². The van der Waals surface area contributed by atoms with Gasteiger partial charge < -0.3 is 9.64 Å². The summed E-state index contributed by atoms with van der Waals surface area (Å²) >= 11 is 0. The molecule has 2 aliphatic heterocycles. The number of carbonyl (C=O) groups is 1. The zero-order chi connectivity index (χ0) is 19.5. The summed E-state index contributed by atoms with van der Waals surface area (Å²) in [6.45, 7) is 5.45. The van der Waals surface area contributed by atoms with Crippen LogP contribution in [-0.2, 0) is 13.0 Å². The predicted molar refractivity (Wildman–Crippen MR) is 108 cm³/mol. The zero-order valence-corrected chi connectivity index (χ0v) is 16.1. The van der Waals surface area contributed by atoms with Crippen LogP contribution in [0.3, 0.4) is 0 Å². The molecule has 146 valence electrons. The molecule has 0 aliphatic carbocycles. The summed E-state index contributed by atoms with van der Waals surface area (Å²) in [5, 5.41) is 3.34. The number of carbonyl (C=O) groups excluding carboxylic acids is 1. The van der Waals surface area contributed by atoms with Crippen LogP contribution in [-0.4, -0.2) is 54.5 Å². The second kappa shape index (κ2) is 8.10. The third-order valence-corrected chi connectivity index (χ3v) is 5.53. The number of amides is 1. The molecule has 28 heavy (non-hydrogen) atoms. The van der Waals surface area contributed by atoms with Gasteiger partial charge in [-0.15, -0.1) is 0 Å². The first-order chi connectivity index (χ1) is 13.6. The predicted octanol–water partition coefficient (Wildman–Crippen LogP) is 3.02. The fourth-order valence-electron chi connectivity index (χ4n) is 4.02. The molecule has 2 heterocycles. The van der Waals surface area contributed by atoms with Crippen molar-refractivity contribution in [2.45, 2.75) is 25.9 Å². The molecule has 0 N–H and O–H groups in total. The molecule has 2 aromatic carbocycles. The van der Waals surface area contributed by atoms with Crippen molar-refractivity contribution in [3.63, 3.8) is 0 Å². The summed E-state index contributed by atoms with van der Waals surface area (Å²) in [7, 11) is 0. The number of nitrogens with zero attached hydrogens (tertiary/aromatic N) is 3. The van der Waals surface area contributed by atoms with E-state index in [9.17, 15) is 9.70 Å². The molecule has 0 spiro atoms. The molecule has 0 saturated carbocycles. The maximum absolute atomic E-state index is 12.9. The number of hydrogen-bond donors (Lipinski definition) is 0. The van der Waals surface area contributed by atoms with E-state index in [1.807, 2.05) is 25.1 Å². The van der Waals surface area contributed by atoms with E-state index >= 15 is 0 Å². The normalized spacial score (nSPS) is 17.9. The number of nitroso groups, excluding NO2 is 1. The lowest BCUT2D eigenvalue weighted by Crippen LogP contribution is -2.43. The zero-order valence-electron chi connectivity index (χ0n) is 16.1. The van der Waals surface area contributed by atoms with Gasteiger partial charge in [0.25, 0.3) is 5.91 Å². The van der Waals surface area contributed by atoms with Crippen molar-refractivity contribution in [3.8, 4) is 5.75 Å². The molecule has 1 unspecified atom stereocenters. The summed E-state index contributed by atoms with van der Waals surface area (Å²) in [5.74, 6) is 0.529. The number of rotatable bonds is 5. The summed E-state index contributed by atoms with van der Waals surface area (Å²) < 4.78 is 5.75. The Morgan fingerprint density at radius 2 is 1.93 bits per heavy atom. The first kappa shape index (κ1) is 18.6. The molecule has 6 heteroatoms. The van der Waals surface area contributed by atoms with Gasteiger partial charge in [-0.25, -0.2) is 0 Å². The van der Waals surface area contributed by atoms with E-state index in [-0.39, 0.29) is 5.91 Å². The van der Waals surface area contributed by atoms with E-state index in [1.165, 1.54) is 11.1 Å². The van der Waals surface area contributed by atoms with Crippen LogP contribution in [0.2, 0.25) is 0 Å². The molecule has 1 amide bonds. The third-order valence-electron chi connectivity index (χ3n) is 5.53. The van der Waals surface area contributed by atoms with Crippen LogP contribution >= 0.6 is 0 Å². The number of benzene rings is 2. The highest BCUT2D eigenvalue weighted by Gasteiger charge is 2.28. The maximum Gasteiger partial charge on any atom is 0.257 e. The highest BCUT2D eigenvalue weighted by molar-refractivity contribution is 5.97. The van der Waals surface area contributed by atoms with E-state index in [2.05, 4.69) is 28.3 Å². The number of aryl methyl sites for hydroxylation is 1. The Hall–Kier alpha value is -2.73. The monoisotopic (exact) mass is 379 g/mol. The molecule has 4 rings (SSSR count). The van der Waals surface area contributed by atoms with E-state index in [0.717, 1.165) is 25.1 Å². The summed E-state index contributed by atoms with van der Waals surface area (Å²) in [4.78, 5) is 28.4. The van der Waals surface area contributed by atoms with Crippen LogP contribution in [0.4, 0.5) is 0 Å². The Morgan fingerprint density at radius 3 is 2.75 bits per heavy atom. The molecule has 0 fully saturated rings. The van der Waals surface area contributed by atoms with Gasteiger partial charge in [-0.3, -0.25) is 9.69 Å². The molecule has 6 nitrogen and oxygen atoms in total. The molecular formula is C22H25N3O3. The van der Waals surface area contributed by atoms with Gasteiger partial charge in [0, 0.05) is 26.2 Å². The standard InChI is InChI=1S/C22H25N3O3/c1-16-6-7-20-21(12-16)28-11-10-25(22(20)26)15-19(23-27)14-24-9-8-17-4-2-3-5-18(17)13-24/h2-7,12,19H,8-11,13-15H2,1H3. The fourth-order valence-corrected chi connectivity index (χ4v) is 4.02. The Balaban J connectivity index is 1.43. The Morgan fingerprint density at radius 1 is 1.11 bits per heavy atom. The molecule has 0 aromatic heterocycles. The van der Waals surface area contributed by atoms with Crippen LogP contribution in [0.5, 0.6) is 5.75 Å². The van der Waals surface area contributed by atoms with Crippen LogP contribution in [0.1, 0.15) is 27.0 Å². The van der Waals surface area contributed by atoms with Crippen molar-refractivity contribution in [2.24, 2.45) is 5.18 Å². The van der Waals surface area contributed by atoms with Crippen LogP contribution < -0.4 is 4.74 Å². The van der Waals surface area contributed by atoms with Gasteiger partial charge in [-0.1, -0.05) is 35.5 Å². The van der Waals surface area contributed by atoms with E-state index in [1.54, 1.807) is 11.0 Å². The van der Waals surface area contributed by atoms with Crippen LogP contribution in [0.15, 0.2) is 47.6 Å². The second-order valence-corrected chi connectivity index (χ2v) is 7.61. The number of fused-ring (bicyclic) bond motifs is 2. The van der Waals surface area contributed by atoms with Crippen molar-refractivity contribution < 1.29 is 9.53 Å². The number of ether oxygens (including phenoxy) is 1. The van der Waals surface area contributed by atoms with Gasteiger partial charge in [0.15, 0.2) is 0 Å². The van der Waals surface area contributed by atoms with Crippen LogP contribution in [0, 0.1) is 11.8 Å². The highest BCUT2D eigenvalue weighted by Crippen LogP contribution is 2.25. The van der Waals surface area contributed by atoms with Crippen LogP contribution in [0.25, 0.3) is 0 Å². The maximum atomic E-state index is 12.9. The van der Waals surface area contributed by atoms with Gasteiger partial charge in [0.05, 0.1) is 12.1 Å². The Bertz CT molecular complexity index is 883. The second-order valence-electron chi connectivity index (χ2n) is 7.61. The van der Waals surface area contributed by atoms with Gasteiger partial charge in [-0.2, -0.15) is 4.91 Å². The highest BCUT2D eigenvalue weighted by atomic mass is 16.5. The van der Waals surface area contributed by atoms with Crippen molar-refractivity contribution in [1.82, 2.24) is 9.80 Å². The van der Waals surface area contributed by atoms with Crippen molar-refractivity contribution in [3.05, 3.63) is 69.6 Å². The smallest absolute Gasteiger partial charge is 0.257 e. The summed E-state index contributed by atoms with van der Waals surface area (Å²) in [6.07, 6.45) is 0.977. The lowest BCUT2D eigenvalue weighted by molar-refractivity contribution is 0.0734. The lowest BCUT2D eigenvalue weighted by Gasteiger charge is -2.31. The Labute approximate surface area is 165 Å².